The normalized spacial score (nSPS) is 11.9. The lowest BCUT2D eigenvalue weighted by atomic mass is 10.1. The maximum absolute atomic E-state index is 11.7. The maximum atomic E-state index is 11.7. The van der Waals surface area contributed by atoms with Crippen LogP contribution >= 0.6 is 0 Å². The summed E-state index contributed by atoms with van der Waals surface area (Å²) in [6, 6.07) is -0.537. The summed E-state index contributed by atoms with van der Waals surface area (Å²) in [6.07, 6.45) is 0.980. The number of rotatable bonds is 5. The van der Waals surface area contributed by atoms with Crippen LogP contribution in [0.3, 0.4) is 0 Å². The minimum absolute atomic E-state index is 0.309. The van der Waals surface area contributed by atoms with Gasteiger partial charge in [0.2, 0.25) is 10.0 Å². The largest absolute Gasteiger partial charge is 0.331 e. The summed E-state index contributed by atoms with van der Waals surface area (Å²) in [6.45, 7) is 9.06. The Morgan fingerprint density at radius 2 is 1.50 bits per heavy atom. The maximum Gasteiger partial charge on any atom is 0.331 e. The number of carbonyl (C=O) groups is 1. The number of hydrogen-bond donors (Lipinski definition) is 1. The standard InChI is InChI=1S/C10H22N2O3S/c1-8(2)6-12(7-9(3)4)10(13)11-16(5,14)15/h8-9H,6-7H2,1-5H3,(H,11,13). The molecule has 0 unspecified atom stereocenters. The van der Waals surface area contributed by atoms with Crippen molar-refractivity contribution in [3.05, 3.63) is 0 Å². The Morgan fingerprint density at radius 3 is 1.75 bits per heavy atom. The van der Waals surface area contributed by atoms with Crippen molar-refractivity contribution < 1.29 is 13.2 Å². The third kappa shape index (κ3) is 7.50. The van der Waals surface area contributed by atoms with Crippen molar-refractivity contribution in [1.82, 2.24) is 9.62 Å². The van der Waals surface area contributed by atoms with Crippen molar-refractivity contribution in [2.75, 3.05) is 19.3 Å². The molecular formula is C10H22N2O3S. The summed E-state index contributed by atoms with van der Waals surface area (Å²) >= 11 is 0. The van der Waals surface area contributed by atoms with E-state index in [1.54, 1.807) is 0 Å². The molecule has 0 spiro atoms. The Kier molecular flexibility index (Phi) is 5.78. The second-order valence-electron chi connectivity index (χ2n) is 4.87. The quantitative estimate of drug-likeness (QED) is 0.799. The Balaban J connectivity index is 4.56. The number of nitrogens with zero attached hydrogens (tertiary/aromatic N) is 1. The van der Waals surface area contributed by atoms with Crippen molar-refractivity contribution in [1.29, 1.82) is 0 Å². The second-order valence-corrected chi connectivity index (χ2v) is 6.62. The van der Waals surface area contributed by atoms with Crippen molar-refractivity contribution in [3.8, 4) is 0 Å². The van der Waals surface area contributed by atoms with E-state index in [0.29, 0.717) is 24.9 Å². The lowest BCUT2D eigenvalue weighted by Crippen LogP contribution is -2.45. The average molecular weight is 250 g/mol. The van der Waals surface area contributed by atoms with Gasteiger partial charge in [0.1, 0.15) is 0 Å². The molecule has 0 aromatic rings. The first-order valence-electron chi connectivity index (χ1n) is 5.38. The van der Waals surface area contributed by atoms with Crippen LogP contribution in [0.15, 0.2) is 0 Å². The van der Waals surface area contributed by atoms with Gasteiger partial charge in [0.05, 0.1) is 6.26 Å². The summed E-state index contributed by atoms with van der Waals surface area (Å²) in [5.74, 6) is 0.619. The number of sulfonamides is 1. The van der Waals surface area contributed by atoms with Crippen LogP contribution in [0.25, 0.3) is 0 Å². The summed E-state index contributed by atoms with van der Waals surface area (Å²) in [5, 5.41) is 0. The molecule has 0 saturated carbocycles. The number of urea groups is 1. The van der Waals surface area contributed by atoms with Gasteiger partial charge in [0.25, 0.3) is 0 Å². The second kappa shape index (κ2) is 6.08. The highest BCUT2D eigenvalue weighted by Crippen LogP contribution is 2.04. The van der Waals surface area contributed by atoms with Crippen LogP contribution in [0.5, 0.6) is 0 Å². The predicted molar refractivity (Wildman–Crippen MR) is 64.6 cm³/mol. The highest BCUT2D eigenvalue weighted by atomic mass is 32.2. The zero-order valence-electron chi connectivity index (χ0n) is 10.6. The Hall–Kier alpha value is -0.780. The molecule has 0 aliphatic rings. The van der Waals surface area contributed by atoms with Gasteiger partial charge in [-0.05, 0) is 11.8 Å². The van der Waals surface area contributed by atoms with Gasteiger partial charge >= 0.3 is 6.03 Å². The molecule has 1 N–H and O–H groups in total. The van der Waals surface area contributed by atoms with Crippen molar-refractivity contribution in [2.24, 2.45) is 11.8 Å². The van der Waals surface area contributed by atoms with Crippen LogP contribution in [-0.2, 0) is 10.0 Å². The monoisotopic (exact) mass is 250 g/mol. The van der Waals surface area contributed by atoms with E-state index in [9.17, 15) is 13.2 Å². The van der Waals surface area contributed by atoms with E-state index < -0.39 is 16.1 Å². The number of amides is 2. The zero-order valence-corrected chi connectivity index (χ0v) is 11.5. The van der Waals surface area contributed by atoms with Crippen LogP contribution in [0.4, 0.5) is 4.79 Å². The van der Waals surface area contributed by atoms with E-state index >= 15 is 0 Å². The Morgan fingerprint density at radius 1 is 1.12 bits per heavy atom. The molecule has 0 aliphatic carbocycles. The summed E-state index contributed by atoms with van der Waals surface area (Å²) in [7, 11) is -3.48. The Labute approximate surface area is 98.3 Å². The summed E-state index contributed by atoms with van der Waals surface area (Å²) < 4.78 is 23.9. The molecule has 0 radical (unpaired) electrons. The molecule has 16 heavy (non-hydrogen) atoms. The van der Waals surface area contributed by atoms with Crippen LogP contribution < -0.4 is 4.72 Å². The van der Waals surface area contributed by atoms with E-state index in [-0.39, 0.29) is 0 Å². The smallest absolute Gasteiger partial charge is 0.323 e. The third-order valence-electron chi connectivity index (χ3n) is 1.73. The highest BCUT2D eigenvalue weighted by Gasteiger charge is 2.18. The molecule has 0 fully saturated rings. The fourth-order valence-electron chi connectivity index (χ4n) is 1.35. The lowest BCUT2D eigenvalue weighted by Gasteiger charge is -2.26. The SMILES string of the molecule is CC(C)CN(CC(C)C)C(=O)NS(C)(=O)=O. The van der Waals surface area contributed by atoms with Crippen LogP contribution in [-0.4, -0.2) is 38.7 Å². The number of nitrogens with one attached hydrogen (secondary N) is 1. The zero-order chi connectivity index (χ0) is 12.9. The van der Waals surface area contributed by atoms with Crippen LogP contribution in [0, 0.1) is 11.8 Å². The van der Waals surface area contributed by atoms with E-state index in [0.717, 1.165) is 6.26 Å². The molecule has 0 atom stereocenters. The van der Waals surface area contributed by atoms with E-state index in [4.69, 9.17) is 0 Å². The van der Waals surface area contributed by atoms with Crippen LogP contribution in [0.1, 0.15) is 27.7 Å². The molecule has 2 amide bonds. The third-order valence-corrected chi connectivity index (χ3v) is 2.28. The van der Waals surface area contributed by atoms with E-state index in [2.05, 4.69) is 0 Å². The molecule has 96 valence electrons. The lowest BCUT2D eigenvalue weighted by molar-refractivity contribution is 0.189. The number of hydrogen-bond acceptors (Lipinski definition) is 3. The van der Waals surface area contributed by atoms with Crippen molar-refractivity contribution in [2.45, 2.75) is 27.7 Å². The molecule has 0 aliphatic heterocycles. The van der Waals surface area contributed by atoms with Crippen molar-refractivity contribution >= 4 is 16.1 Å². The van der Waals surface area contributed by atoms with Gasteiger partial charge in [0.15, 0.2) is 0 Å². The molecule has 0 rings (SSSR count). The van der Waals surface area contributed by atoms with Crippen LogP contribution in [0.2, 0.25) is 0 Å². The summed E-state index contributed by atoms with van der Waals surface area (Å²) in [5.41, 5.74) is 0. The molecule has 0 saturated heterocycles. The van der Waals surface area contributed by atoms with Gasteiger partial charge in [0, 0.05) is 13.1 Å². The number of carbonyl (C=O) groups excluding carboxylic acids is 1. The molecule has 0 aromatic carbocycles. The van der Waals surface area contributed by atoms with Gasteiger partial charge in [-0.15, -0.1) is 0 Å². The van der Waals surface area contributed by atoms with Gasteiger partial charge in [-0.1, -0.05) is 27.7 Å². The van der Waals surface area contributed by atoms with Gasteiger partial charge in [-0.25, -0.2) is 17.9 Å². The van der Waals surface area contributed by atoms with Gasteiger partial charge in [-0.2, -0.15) is 0 Å². The fourth-order valence-corrected chi connectivity index (χ4v) is 1.79. The van der Waals surface area contributed by atoms with Crippen molar-refractivity contribution in [3.63, 3.8) is 0 Å². The average Bonchev–Trinajstić information content (AvgIpc) is 1.97. The molecule has 6 heteroatoms. The van der Waals surface area contributed by atoms with E-state index in [1.165, 1.54) is 4.90 Å². The highest BCUT2D eigenvalue weighted by molar-refractivity contribution is 7.89. The molecule has 0 aromatic heterocycles. The predicted octanol–water partition coefficient (Wildman–Crippen LogP) is 1.27. The molecule has 0 heterocycles. The van der Waals surface area contributed by atoms with E-state index in [1.807, 2.05) is 32.4 Å². The summed E-state index contributed by atoms with van der Waals surface area (Å²) in [4.78, 5) is 13.2. The van der Waals surface area contributed by atoms with Gasteiger partial charge < -0.3 is 4.90 Å². The van der Waals surface area contributed by atoms with Gasteiger partial charge in [-0.3, -0.25) is 0 Å². The molecular weight excluding hydrogens is 228 g/mol. The minimum Gasteiger partial charge on any atom is -0.323 e. The Bertz CT molecular complexity index is 313. The molecule has 5 nitrogen and oxygen atoms in total. The first-order chi connectivity index (χ1) is 7.11. The first-order valence-corrected chi connectivity index (χ1v) is 7.27. The molecule has 0 bridgehead atoms. The topological polar surface area (TPSA) is 66.5 Å². The fraction of sp³-hybridized carbons (Fsp3) is 0.900. The first kappa shape index (κ1) is 15.2. The minimum atomic E-state index is -3.48.